The zero-order chi connectivity index (χ0) is 10.6. The van der Waals surface area contributed by atoms with Crippen LogP contribution in [0.25, 0.3) is 0 Å². The van der Waals surface area contributed by atoms with E-state index < -0.39 is 17.6 Å². The van der Waals surface area contributed by atoms with Crippen LogP contribution in [0.3, 0.4) is 0 Å². The van der Waals surface area contributed by atoms with Crippen molar-refractivity contribution in [3.8, 4) is 5.75 Å². The van der Waals surface area contributed by atoms with Gasteiger partial charge in [0.1, 0.15) is 5.75 Å². The maximum absolute atomic E-state index is 5.86. The summed E-state index contributed by atoms with van der Waals surface area (Å²) in [6.07, 6.45) is 0. The normalized spacial score (nSPS) is 11.8. The number of para-hydroxylation sites is 1. The van der Waals surface area contributed by atoms with E-state index in [1.165, 1.54) is 0 Å². The van der Waals surface area contributed by atoms with E-state index in [0.29, 0.717) is 0 Å². The molecule has 1 aromatic carbocycles. The fraction of sp³-hybridized carbons (Fsp3) is 0.400. The third kappa shape index (κ3) is 4.08. The van der Waals surface area contributed by atoms with Crippen molar-refractivity contribution in [2.24, 2.45) is 0 Å². The molecule has 0 N–H and O–H groups in total. The molecule has 0 saturated heterocycles. The molecule has 1 rings (SSSR count). The second-order valence-electron chi connectivity index (χ2n) is 3.83. The molecule has 4 heteroatoms. The van der Waals surface area contributed by atoms with Crippen molar-refractivity contribution in [3.63, 3.8) is 0 Å². The second kappa shape index (κ2) is 4.77. The molecule has 0 bridgehead atoms. The van der Waals surface area contributed by atoms with Crippen molar-refractivity contribution in [1.29, 1.82) is 0 Å². The van der Waals surface area contributed by atoms with E-state index in [2.05, 4.69) is 26.2 Å². The highest BCUT2D eigenvalue weighted by Crippen LogP contribution is 2.16. The molecule has 1 radical (unpaired) electrons. The van der Waals surface area contributed by atoms with Crippen LogP contribution < -0.4 is 4.43 Å². The van der Waals surface area contributed by atoms with Gasteiger partial charge in [0.15, 0.2) is 9.04 Å². The van der Waals surface area contributed by atoms with E-state index in [9.17, 15) is 0 Å². The minimum atomic E-state index is -1.96. The highest BCUT2D eigenvalue weighted by atomic mass is 28.4. The average molecular weight is 225 g/mol. The molecule has 0 aromatic heterocycles. The lowest BCUT2D eigenvalue weighted by atomic mass is 10.3. The largest absolute Gasteiger partial charge is 0.521 e. The van der Waals surface area contributed by atoms with Crippen molar-refractivity contribution in [2.45, 2.75) is 26.2 Å². The van der Waals surface area contributed by atoms with Gasteiger partial charge in [0.2, 0.25) is 0 Å². The molecule has 1 aromatic rings. The Labute approximate surface area is 88.8 Å². The van der Waals surface area contributed by atoms with Gasteiger partial charge in [0.25, 0.3) is 0 Å². The average Bonchev–Trinajstić information content (AvgIpc) is 2.02. The summed E-state index contributed by atoms with van der Waals surface area (Å²) in [5.41, 5.74) is 0. The Bertz CT molecular complexity index is 273. The maximum atomic E-state index is 5.86. The van der Waals surface area contributed by atoms with Gasteiger partial charge >= 0.3 is 8.56 Å². The van der Waals surface area contributed by atoms with Gasteiger partial charge in [-0.1, -0.05) is 18.2 Å². The summed E-state index contributed by atoms with van der Waals surface area (Å²) in [5.74, 6) is 0.910. The zero-order valence-electron chi connectivity index (χ0n) is 9.20. The van der Waals surface area contributed by atoms with Gasteiger partial charge in [0.05, 0.1) is 0 Å². The van der Waals surface area contributed by atoms with Crippen LogP contribution in [0.1, 0.15) is 0 Å². The summed E-state index contributed by atoms with van der Waals surface area (Å²) < 4.78 is 11.7. The molecule has 0 unspecified atom stereocenters. The Morgan fingerprint density at radius 3 is 2.14 bits per heavy atom. The van der Waals surface area contributed by atoms with Crippen molar-refractivity contribution in [1.82, 2.24) is 0 Å². The number of hydrogen-bond acceptors (Lipinski definition) is 2. The monoisotopic (exact) mass is 225 g/mol. The minimum absolute atomic E-state index is 0.674. The first-order valence-electron chi connectivity index (χ1n) is 4.73. The molecular weight excluding hydrogens is 208 g/mol. The van der Waals surface area contributed by atoms with Crippen molar-refractivity contribution in [3.05, 3.63) is 30.3 Å². The minimum Gasteiger partial charge on any atom is -0.521 e. The van der Waals surface area contributed by atoms with Crippen LogP contribution in [0.4, 0.5) is 0 Å². The first kappa shape index (κ1) is 11.5. The van der Waals surface area contributed by atoms with Crippen molar-refractivity contribution < 1.29 is 8.54 Å². The quantitative estimate of drug-likeness (QED) is 0.733. The molecule has 0 amide bonds. The summed E-state index contributed by atoms with van der Waals surface area (Å²) in [6, 6.07) is 9.87. The van der Waals surface area contributed by atoms with Gasteiger partial charge in [-0.15, -0.1) is 0 Å². The fourth-order valence-electron chi connectivity index (χ4n) is 1.28. The highest BCUT2D eigenvalue weighted by Gasteiger charge is 2.27. The highest BCUT2D eigenvalue weighted by molar-refractivity contribution is 6.73. The Kier molecular flexibility index (Phi) is 3.91. The van der Waals surface area contributed by atoms with Crippen LogP contribution >= 0.6 is 0 Å². The van der Waals surface area contributed by atoms with E-state index in [1.807, 2.05) is 30.3 Å². The molecule has 0 aliphatic carbocycles. The summed E-state index contributed by atoms with van der Waals surface area (Å²) in [5, 5.41) is 0. The Hall–Kier alpha value is -0.586. The first-order valence-corrected chi connectivity index (χ1v) is 9.95. The summed E-state index contributed by atoms with van der Waals surface area (Å²) in [6.45, 7) is 8.43. The predicted octanol–water partition coefficient (Wildman–Crippen LogP) is 3.03. The van der Waals surface area contributed by atoms with E-state index in [0.717, 1.165) is 5.75 Å². The predicted molar refractivity (Wildman–Crippen MR) is 63.1 cm³/mol. The summed E-state index contributed by atoms with van der Waals surface area (Å²) in [7, 11) is -2.64. The Morgan fingerprint density at radius 2 is 1.64 bits per heavy atom. The molecule has 77 valence electrons. The van der Waals surface area contributed by atoms with Crippen LogP contribution in [0, 0.1) is 0 Å². The van der Waals surface area contributed by atoms with Crippen molar-refractivity contribution >= 4 is 17.6 Å². The fourth-order valence-corrected chi connectivity index (χ4v) is 6.09. The third-order valence-electron chi connectivity index (χ3n) is 1.56. The van der Waals surface area contributed by atoms with Gasteiger partial charge in [0, 0.05) is 0 Å². The Morgan fingerprint density at radius 1 is 1.07 bits per heavy atom. The number of benzene rings is 1. The number of rotatable bonds is 4. The van der Waals surface area contributed by atoms with E-state index >= 15 is 0 Å². The van der Waals surface area contributed by atoms with Gasteiger partial charge < -0.3 is 8.54 Å². The molecular formula is C10H17O2Si2. The second-order valence-corrected chi connectivity index (χ2v) is 9.46. The molecule has 0 fully saturated rings. The van der Waals surface area contributed by atoms with Crippen molar-refractivity contribution in [2.75, 3.05) is 0 Å². The van der Waals surface area contributed by atoms with Gasteiger partial charge in [-0.25, -0.2) is 0 Å². The zero-order valence-corrected chi connectivity index (χ0v) is 11.2. The summed E-state index contributed by atoms with van der Waals surface area (Å²) >= 11 is 0. The van der Waals surface area contributed by atoms with Crippen LogP contribution in [0.15, 0.2) is 30.3 Å². The molecule has 0 atom stereocenters. The van der Waals surface area contributed by atoms with Crippen LogP contribution in [0.2, 0.25) is 26.2 Å². The van der Waals surface area contributed by atoms with Gasteiger partial charge in [-0.05, 0) is 38.3 Å². The molecule has 0 saturated carbocycles. The van der Waals surface area contributed by atoms with E-state index in [4.69, 9.17) is 8.54 Å². The standard InChI is InChI=1S/C10H17O2Si2/c1-13(2)12-14(3,4)11-10-8-6-5-7-9-10/h5-9H,1-4H3. The molecule has 0 spiro atoms. The molecule has 2 nitrogen and oxygen atoms in total. The van der Waals surface area contributed by atoms with Crippen LogP contribution in [0.5, 0.6) is 5.75 Å². The SMILES string of the molecule is C[Si](C)O[Si](C)(C)Oc1ccccc1. The maximum Gasteiger partial charge on any atom is 0.382 e. The smallest absolute Gasteiger partial charge is 0.382 e. The molecule has 0 heterocycles. The first-order chi connectivity index (χ1) is 6.49. The number of hydrogen-bond donors (Lipinski definition) is 0. The topological polar surface area (TPSA) is 18.5 Å². The molecule has 0 aliphatic heterocycles. The van der Waals surface area contributed by atoms with Gasteiger partial charge in [-0.2, -0.15) is 0 Å². The molecule has 14 heavy (non-hydrogen) atoms. The third-order valence-corrected chi connectivity index (χ3v) is 5.88. The van der Waals surface area contributed by atoms with Crippen LogP contribution in [-0.2, 0) is 4.12 Å². The molecule has 0 aliphatic rings. The van der Waals surface area contributed by atoms with E-state index in [-0.39, 0.29) is 0 Å². The lowest BCUT2D eigenvalue weighted by Crippen LogP contribution is -2.41. The van der Waals surface area contributed by atoms with E-state index in [1.54, 1.807) is 0 Å². The van der Waals surface area contributed by atoms with Gasteiger partial charge in [-0.3, -0.25) is 0 Å². The lowest BCUT2D eigenvalue weighted by Gasteiger charge is -2.25. The Balaban J connectivity index is 2.59. The summed E-state index contributed by atoms with van der Waals surface area (Å²) in [4.78, 5) is 0. The lowest BCUT2D eigenvalue weighted by molar-refractivity contribution is 0.407. The van der Waals surface area contributed by atoms with Crippen LogP contribution in [-0.4, -0.2) is 17.6 Å².